The molecule has 0 aliphatic carbocycles. The molecule has 5 nitrogen and oxygen atoms in total. The highest BCUT2D eigenvalue weighted by atomic mass is 16.5. The Morgan fingerprint density at radius 3 is 2.50 bits per heavy atom. The zero-order chi connectivity index (χ0) is 16.5. The summed E-state index contributed by atoms with van der Waals surface area (Å²) < 4.78 is 16.7. The van der Waals surface area contributed by atoms with E-state index in [9.17, 15) is 4.79 Å². The van der Waals surface area contributed by atoms with Gasteiger partial charge in [-0.1, -0.05) is 24.3 Å². The van der Waals surface area contributed by atoms with Crippen LogP contribution in [0.25, 0.3) is 22.3 Å². The molecule has 0 spiro atoms. The highest BCUT2D eigenvalue weighted by Crippen LogP contribution is 2.30. The van der Waals surface area contributed by atoms with Crippen LogP contribution in [-0.4, -0.2) is 26.2 Å². The lowest BCUT2D eigenvalue weighted by Gasteiger charge is -2.09. The van der Waals surface area contributed by atoms with Gasteiger partial charge in [0.2, 0.25) is 17.1 Å². The number of para-hydroxylation sites is 1. The second-order valence-electron chi connectivity index (χ2n) is 5.40. The van der Waals surface area contributed by atoms with Crippen LogP contribution in [0.4, 0.5) is 0 Å². The van der Waals surface area contributed by atoms with Crippen LogP contribution < -0.4 is 10.2 Å². The van der Waals surface area contributed by atoms with E-state index in [-0.39, 0.29) is 11.2 Å². The highest BCUT2D eigenvalue weighted by molar-refractivity contribution is 5.95. The number of rotatable bonds is 3. The lowest BCUT2D eigenvalue weighted by molar-refractivity contribution is 0.348. The Hall–Kier alpha value is -3.08. The van der Waals surface area contributed by atoms with Gasteiger partial charge in [-0.05, 0) is 24.3 Å². The third-order valence-electron chi connectivity index (χ3n) is 3.94. The predicted octanol–water partition coefficient (Wildman–Crippen LogP) is 3.25. The van der Waals surface area contributed by atoms with Crippen LogP contribution in [0, 0.1) is 0 Å². The molecule has 2 heterocycles. The van der Waals surface area contributed by atoms with Crippen LogP contribution in [-0.2, 0) is 4.74 Å². The Bertz CT molecular complexity index is 986. The van der Waals surface area contributed by atoms with Gasteiger partial charge in [-0.3, -0.25) is 4.79 Å². The molecule has 120 valence electrons. The maximum atomic E-state index is 12.6. The molecule has 4 rings (SSSR count). The molecule has 0 radical (unpaired) electrons. The lowest BCUT2D eigenvalue weighted by atomic mass is 10.1. The molecule has 1 aliphatic heterocycles. The van der Waals surface area contributed by atoms with Crippen LogP contribution in [0.3, 0.4) is 0 Å². The number of ether oxygens (including phenoxy) is 2. The van der Waals surface area contributed by atoms with E-state index in [0.717, 1.165) is 11.1 Å². The fourth-order valence-electron chi connectivity index (χ4n) is 2.77. The van der Waals surface area contributed by atoms with Gasteiger partial charge in [0.15, 0.2) is 5.76 Å². The second-order valence-corrected chi connectivity index (χ2v) is 5.40. The van der Waals surface area contributed by atoms with Gasteiger partial charge in [0.1, 0.15) is 12.2 Å². The molecule has 0 saturated carbocycles. The fourth-order valence-corrected chi connectivity index (χ4v) is 2.77. The molecular formula is C19H15NO4. The van der Waals surface area contributed by atoms with E-state index in [1.54, 1.807) is 18.2 Å². The molecule has 0 fully saturated rings. The summed E-state index contributed by atoms with van der Waals surface area (Å²) in [7, 11) is 1.47. The third-order valence-corrected chi connectivity index (χ3v) is 3.94. The van der Waals surface area contributed by atoms with E-state index in [0.29, 0.717) is 35.8 Å². The smallest absolute Gasteiger partial charge is 0.235 e. The van der Waals surface area contributed by atoms with Gasteiger partial charge in [-0.15, -0.1) is 0 Å². The highest BCUT2D eigenvalue weighted by Gasteiger charge is 2.17. The van der Waals surface area contributed by atoms with E-state index < -0.39 is 0 Å². The van der Waals surface area contributed by atoms with Crippen LogP contribution in [0.2, 0.25) is 0 Å². The Kier molecular flexibility index (Phi) is 3.54. The molecule has 0 bridgehead atoms. The van der Waals surface area contributed by atoms with E-state index in [4.69, 9.17) is 13.9 Å². The molecule has 5 heteroatoms. The number of aliphatic imine (C=N–C) groups is 1. The van der Waals surface area contributed by atoms with Gasteiger partial charge in [-0.25, -0.2) is 4.99 Å². The average molecular weight is 321 g/mol. The van der Waals surface area contributed by atoms with Crippen molar-refractivity contribution in [3.63, 3.8) is 0 Å². The third kappa shape index (κ3) is 2.34. The SMILES string of the molecule is COc1c(-c2ccc(C3=NCCO3)cc2)oc2ccccc2c1=O. The van der Waals surface area contributed by atoms with Crippen molar-refractivity contribution in [2.24, 2.45) is 4.99 Å². The number of methoxy groups -OCH3 is 1. The first-order chi connectivity index (χ1) is 11.8. The number of hydrogen-bond donors (Lipinski definition) is 0. The van der Waals surface area contributed by atoms with E-state index >= 15 is 0 Å². The average Bonchev–Trinajstić information content (AvgIpc) is 3.16. The maximum absolute atomic E-state index is 12.6. The van der Waals surface area contributed by atoms with Gasteiger partial charge in [-0.2, -0.15) is 0 Å². The van der Waals surface area contributed by atoms with Crippen molar-refractivity contribution in [2.45, 2.75) is 0 Å². The van der Waals surface area contributed by atoms with Crippen LogP contribution >= 0.6 is 0 Å². The molecular weight excluding hydrogens is 306 g/mol. The molecule has 0 saturated heterocycles. The summed E-state index contributed by atoms with van der Waals surface area (Å²) in [5, 5.41) is 0.503. The molecule has 3 aromatic rings. The minimum Gasteiger partial charge on any atom is -0.490 e. The van der Waals surface area contributed by atoms with Gasteiger partial charge < -0.3 is 13.9 Å². The van der Waals surface area contributed by atoms with Crippen molar-refractivity contribution in [2.75, 3.05) is 20.3 Å². The Balaban J connectivity index is 1.85. The first kappa shape index (κ1) is 14.5. The van der Waals surface area contributed by atoms with E-state index in [2.05, 4.69) is 4.99 Å². The molecule has 0 amide bonds. The molecule has 2 aromatic carbocycles. The van der Waals surface area contributed by atoms with Crippen molar-refractivity contribution in [3.05, 3.63) is 64.3 Å². The Labute approximate surface area is 138 Å². The Morgan fingerprint density at radius 1 is 1.04 bits per heavy atom. The summed E-state index contributed by atoms with van der Waals surface area (Å²) in [6.07, 6.45) is 0. The first-order valence-electron chi connectivity index (χ1n) is 7.66. The summed E-state index contributed by atoms with van der Waals surface area (Å²) in [4.78, 5) is 16.9. The Morgan fingerprint density at radius 2 is 1.79 bits per heavy atom. The number of benzene rings is 2. The van der Waals surface area contributed by atoms with E-state index in [1.807, 2.05) is 30.3 Å². The predicted molar refractivity (Wildman–Crippen MR) is 91.8 cm³/mol. The number of hydrogen-bond acceptors (Lipinski definition) is 5. The van der Waals surface area contributed by atoms with Gasteiger partial charge in [0.05, 0.1) is 19.0 Å². The second kappa shape index (κ2) is 5.85. The standard InChI is InChI=1S/C19H15NO4/c1-22-18-16(21)14-4-2-3-5-15(14)24-17(18)12-6-8-13(9-7-12)19-20-10-11-23-19/h2-9H,10-11H2,1H3. The summed E-state index contributed by atoms with van der Waals surface area (Å²) >= 11 is 0. The molecule has 1 aromatic heterocycles. The quantitative estimate of drug-likeness (QED) is 0.743. The molecule has 24 heavy (non-hydrogen) atoms. The topological polar surface area (TPSA) is 61.0 Å². The van der Waals surface area contributed by atoms with Gasteiger partial charge in [0, 0.05) is 11.1 Å². The minimum atomic E-state index is -0.179. The summed E-state index contributed by atoms with van der Waals surface area (Å²) in [5.74, 6) is 1.27. The van der Waals surface area contributed by atoms with Crippen molar-refractivity contribution >= 4 is 16.9 Å². The monoisotopic (exact) mass is 321 g/mol. The van der Waals surface area contributed by atoms with Crippen molar-refractivity contribution < 1.29 is 13.9 Å². The number of nitrogens with zero attached hydrogens (tertiary/aromatic N) is 1. The van der Waals surface area contributed by atoms with Crippen molar-refractivity contribution in [1.82, 2.24) is 0 Å². The normalized spacial score (nSPS) is 13.6. The maximum Gasteiger partial charge on any atom is 0.235 e. The van der Waals surface area contributed by atoms with Crippen molar-refractivity contribution in [3.8, 4) is 17.1 Å². The van der Waals surface area contributed by atoms with Crippen LogP contribution in [0.5, 0.6) is 5.75 Å². The minimum absolute atomic E-state index is 0.179. The first-order valence-corrected chi connectivity index (χ1v) is 7.66. The molecule has 0 N–H and O–H groups in total. The zero-order valence-corrected chi connectivity index (χ0v) is 13.1. The number of fused-ring (bicyclic) bond motifs is 1. The zero-order valence-electron chi connectivity index (χ0n) is 13.1. The summed E-state index contributed by atoms with van der Waals surface area (Å²) in [6.45, 7) is 1.30. The fraction of sp³-hybridized carbons (Fsp3) is 0.158. The molecule has 1 aliphatic rings. The van der Waals surface area contributed by atoms with Gasteiger partial charge in [0.25, 0.3) is 0 Å². The van der Waals surface area contributed by atoms with E-state index in [1.165, 1.54) is 7.11 Å². The van der Waals surface area contributed by atoms with Crippen LogP contribution in [0.15, 0.2) is 62.7 Å². The van der Waals surface area contributed by atoms with Crippen molar-refractivity contribution in [1.29, 1.82) is 0 Å². The molecule has 0 unspecified atom stereocenters. The largest absolute Gasteiger partial charge is 0.490 e. The molecule has 0 atom stereocenters. The summed E-state index contributed by atoms with van der Waals surface area (Å²) in [5.41, 5.74) is 2.02. The van der Waals surface area contributed by atoms with Crippen LogP contribution in [0.1, 0.15) is 5.56 Å². The summed E-state index contributed by atoms with van der Waals surface area (Å²) in [6, 6.07) is 14.7. The van der Waals surface area contributed by atoms with Gasteiger partial charge >= 0.3 is 0 Å². The lowest BCUT2D eigenvalue weighted by Crippen LogP contribution is -2.07.